The van der Waals surface area contributed by atoms with Crippen molar-refractivity contribution in [2.45, 2.75) is 36.9 Å². The Bertz CT molecular complexity index is 513. The fourth-order valence-corrected chi connectivity index (χ4v) is 1.43. The van der Waals surface area contributed by atoms with Crippen molar-refractivity contribution in [1.29, 1.82) is 0 Å². The number of aliphatic hydroxyl groups is 2. The van der Waals surface area contributed by atoms with Crippen LogP contribution in [0.5, 0.6) is 0 Å². The summed E-state index contributed by atoms with van der Waals surface area (Å²) in [5.74, 6) is -10.0. The van der Waals surface area contributed by atoms with E-state index in [0.29, 0.717) is 0 Å². The molecule has 0 aliphatic rings. The molecule has 0 amide bonds. The molecule has 0 aliphatic heterocycles. The zero-order chi connectivity index (χ0) is 21.3. The Morgan fingerprint density at radius 1 is 0.481 bits per heavy atom. The highest BCUT2D eigenvalue weighted by atomic mass is 35.5. The van der Waals surface area contributed by atoms with Gasteiger partial charge in [0.1, 0.15) is 0 Å². The molecule has 0 radical (unpaired) electrons. The lowest BCUT2D eigenvalue weighted by Crippen LogP contribution is -2.42. The second kappa shape index (κ2) is 11.6. The van der Waals surface area contributed by atoms with E-state index in [4.69, 9.17) is 40.9 Å². The van der Waals surface area contributed by atoms with Crippen molar-refractivity contribution in [3.8, 4) is 0 Å². The van der Waals surface area contributed by atoms with Gasteiger partial charge >= 0.3 is 35.8 Å². The zero-order valence-electron chi connectivity index (χ0n) is 13.3. The van der Waals surface area contributed by atoms with Gasteiger partial charge in [0.15, 0.2) is 11.2 Å². The molecule has 0 aromatic rings. The largest absolute Gasteiger partial charge is 0.481 e. The minimum absolute atomic E-state index is 0. The van der Waals surface area contributed by atoms with Gasteiger partial charge in [-0.2, -0.15) is 0 Å². The number of carboxylic acids is 6. The third kappa shape index (κ3) is 12.1. The van der Waals surface area contributed by atoms with E-state index in [1.165, 1.54) is 0 Å². The predicted molar refractivity (Wildman–Crippen MR) is 81.4 cm³/mol. The van der Waals surface area contributed by atoms with Crippen LogP contribution in [0.2, 0.25) is 0 Å². The predicted octanol–water partition coefficient (Wildman–Crippen LogP) is -2.08. The summed E-state index contributed by atoms with van der Waals surface area (Å²) in [5.41, 5.74) is -5.48. The molecule has 0 heterocycles. The number of hydrogen-bond acceptors (Lipinski definition) is 8. The molecule has 0 saturated carbocycles. The lowest BCUT2D eigenvalue weighted by atomic mass is 9.96. The van der Waals surface area contributed by atoms with Crippen LogP contribution in [0.1, 0.15) is 25.7 Å². The number of hydrogen-bond donors (Lipinski definition) is 8. The fourth-order valence-electron chi connectivity index (χ4n) is 1.43. The van der Waals surface area contributed by atoms with Gasteiger partial charge in [-0.1, -0.05) is 0 Å². The Morgan fingerprint density at radius 2 is 0.630 bits per heavy atom. The van der Waals surface area contributed by atoms with Gasteiger partial charge in [0.2, 0.25) is 0 Å². The Morgan fingerprint density at radius 3 is 0.704 bits per heavy atom. The summed E-state index contributed by atoms with van der Waals surface area (Å²) in [4.78, 5) is 61.0. The molecule has 27 heavy (non-hydrogen) atoms. The SMILES string of the molecule is Cl.O=C(O)CC(O)(CC(=O)O)C(=O)O.O=C(O)CC(O)(CC(=O)O)C(=O)O. The molecule has 15 heteroatoms. The lowest BCUT2D eigenvalue weighted by Gasteiger charge is -2.18. The minimum atomic E-state index is -2.74. The van der Waals surface area contributed by atoms with E-state index in [-0.39, 0.29) is 12.4 Å². The third-order valence-electron chi connectivity index (χ3n) is 2.57. The number of carbonyl (C=O) groups is 6. The van der Waals surface area contributed by atoms with Crippen LogP contribution >= 0.6 is 12.4 Å². The maximum absolute atomic E-state index is 10.3. The highest BCUT2D eigenvalue weighted by Gasteiger charge is 2.41. The van der Waals surface area contributed by atoms with Gasteiger partial charge in [-0.15, -0.1) is 12.4 Å². The molecule has 0 unspecified atom stereocenters. The summed E-state index contributed by atoms with van der Waals surface area (Å²) in [7, 11) is 0. The first-order valence-corrected chi connectivity index (χ1v) is 6.34. The first-order chi connectivity index (χ1) is 11.6. The topological polar surface area (TPSA) is 264 Å². The molecule has 0 aromatic carbocycles. The number of halogens is 1. The van der Waals surface area contributed by atoms with Gasteiger partial charge in [-0.3, -0.25) is 19.2 Å². The van der Waals surface area contributed by atoms with Crippen molar-refractivity contribution in [1.82, 2.24) is 0 Å². The molecule has 0 saturated heterocycles. The summed E-state index contributed by atoms with van der Waals surface area (Å²) >= 11 is 0. The average molecular weight is 421 g/mol. The maximum atomic E-state index is 10.3. The zero-order valence-corrected chi connectivity index (χ0v) is 14.1. The molecule has 0 bridgehead atoms. The van der Waals surface area contributed by atoms with Crippen LogP contribution in [0.3, 0.4) is 0 Å². The average Bonchev–Trinajstić information content (AvgIpc) is 2.34. The molecular weight excluding hydrogens is 404 g/mol. The summed E-state index contributed by atoms with van der Waals surface area (Å²) in [6.07, 6.45) is -4.58. The van der Waals surface area contributed by atoms with Crippen LogP contribution in [0.15, 0.2) is 0 Å². The monoisotopic (exact) mass is 420 g/mol. The van der Waals surface area contributed by atoms with Crippen LogP contribution < -0.4 is 0 Å². The van der Waals surface area contributed by atoms with E-state index >= 15 is 0 Å². The summed E-state index contributed by atoms with van der Waals surface area (Å²) in [5, 5.41) is 67.6. The van der Waals surface area contributed by atoms with E-state index in [1.807, 2.05) is 0 Å². The van der Waals surface area contributed by atoms with Gasteiger partial charge in [-0.25, -0.2) is 9.59 Å². The van der Waals surface area contributed by atoms with Crippen molar-refractivity contribution in [2.75, 3.05) is 0 Å². The molecule has 0 aliphatic carbocycles. The molecule has 0 atom stereocenters. The molecule has 0 rings (SSSR count). The van der Waals surface area contributed by atoms with Crippen LogP contribution in [-0.2, 0) is 28.8 Å². The number of aliphatic carboxylic acids is 6. The second-order valence-corrected chi connectivity index (χ2v) is 4.96. The van der Waals surface area contributed by atoms with E-state index in [9.17, 15) is 28.8 Å². The van der Waals surface area contributed by atoms with Gasteiger partial charge < -0.3 is 40.9 Å². The summed E-state index contributed by atoms with van der Waals surface area (Å²) in [6, 6.07) is 0. The fraction of sp³-hybridized carbons (Fsp3) is 0.500. The standard InChI is InChI=1S/2C6H8O7.ClH/c2*7-3(8)1-6(13,5(11)12)2-4(9)10;/h2*13H,1-2H2,(H,7,8)(H,9,10)(H,11,12);1H. The Kier molecular flexibility index (Phi) is 12.4. The highest BCUT2D eigenvalue weighted by Crippen LogP contribution is 2.16. The lowest BCUT2D eigenvalue weighted by molar-refractivity contribution is -0.170. The van der Waals surface area contributed by atoms with E-state index in [2.05, 4.69) is 0 Å². The van der Waals surface area contributed by atoms with Crippen LogP contribution in [-0.4, -0.2) is 87.9 Å². The van der Waals surface area contributed by atoms with Crippen molar-refractivity contribution >= 4 is 48.2 Å². The Labute approximate surface area is 155 Å². The highest BCUT2D eigenvalue weighted by molar-refractivity contribution is 5.88. The molecule has 14 nitrogen and oxygen atoms in total. The number of rotatable bonds is 10. The first kappa shape index (κ1) is 28.8. The smallest absolute Gasteiger partial charge is 0.336 e. The minimum Gasteiger partial charge on any atom is -0.481 e. The maximum Gasteiger partial charge on any atom is 0.336 e. The van der Waals surface area contributed by atoms with Crippen LogP contribution in [0.25, 0.3) is 0 Å². The second-order valence-electron chi connectivity index (χ2n) is 4.96. The van der Waals surface area contributed by atoms with E-state index in [0.717, 1.165) is 0 Å². The Hall–Kier alpha value is -2.97. The third-order valence-corrected chi connectivity index (χ3v) is 2.57. The van der Waals surface area contributed by atoms with Crippen molar-refractivity contribution in [3.05, 3.63) is 0 Å². The van der Waals surface area contributed by atoms with E-state index in [1.54, 1.807) is 0 Å². The van der Waals surface area contributed by atoms with Crippen LogP contribution in [0, 0.1) is 0 Å². The van der Waals surface area contributed by atoms with Crippen LogP contribution in [0.4, 0.5) is 0 Å². The van der Waals surface area contributed by atoms with Gasteiger partial charge in [0.05, 0.1) is 25.7 Å². The van der Waals surface area contributed by atoms with Crippen molar-refractivity contribution < 1.29 is 69.6 Å². The van der Waals surface area contributed by atoms with Gasteiger partial charge in [-0.05, 0) is 0 Å². The molecule has 0 spiro atoms. The molecular formula is C12H17ClO14. The van der Waals surface area contributed by atoms with Gasteiger partial charge in [0, 0.05) is 0 Å². The first-order valence-electron chi connectivity index (χ1n) is 6.34. The number of carboxylic acid groups (broad SMARTS) is 6. The Balaban J connectivity index is -0.000000411. The van der Waals surface area contributed by atoms with E-state index < -0.39 is 72.7 Å². The molecule has 8 N–H and O–H groups in total. The van der Waals surface area contributed by atoms with Crippen molar-refractivity contribution in [2.24, 2.45) is 0 Å². The normalized spacial score (nSPS) is 10.4. The summed E-state index contributed by atoms with van der Waals surface area (Å²) < 4.78 is 0. The molecule has 156 valence electrons. The van der Waals surface area contributed by atoms with Crippen molar-refractivity contribution in [3.63, 3.8) is 0 Å². The summed E-state index contributed by atoms with van der Waals surface area (Å²) in [6.45, 7) is 0. The molecule has 0 aromatic heterocycles. The molecule has 0 fully saturated rings. The quantitative estimate of drug-likeness (QED) is 0.188. The van der Waals surface area contributed by atoms with Gasteiger partial charge in [0.25, 0.3) is 0 Å².